The summed E-state index contributed by atoms with van der Waals surface area (Å²) in [5.41, 5.74) is 0.685. The molecular formula is C14H18N2O4. The Morgan fingerprint density at radius 3 is 2.45 bits per heavy atom. The maximum absolute atomic E-state index is 11.8. The van der Waals surface area contributed by atoms with Crippen LogP contribution in [0.2, 0.25) is 0 Å². The first-order valence-electron chi connectivity index (χ1n) is 6.39. The molecule has 1 aromatic carbocycles. The molecule has 1 aromatic rings. The van der Waals surface area contributed by atoms with E-state index in [0.717, 1.165) is 0 Å². The highest BCUT2D eigenvalue weighted by Gasteiger charge is 2.31. The Morgan fingerprint density at radius 2 is 1.85 bits per heavy atom. The van der Waals surface area contributed by atoms with Gasteiger partial charge in [-0.15, -0.1) is 0 Å². The van der Waals surface area contributed by atoms with Crippen molar-refractivity contribution in [1.82, 2.24) is 9.80 Å². The van der Waals surface area contributed by atoms with Gasteiger partial charge in [0, 0.05) is 20.1 Å². The second-order valence-corrected chi connectivity index (χ2v) is 4.77. The normalized spacial score (nSPS) is 17.4. The topological polar surface area (TPSA) is 70.1 Å². The standard InChI is InChI=1S/C14H18N2O4/c1-15-7-8-16(14(19)13(15)18)9-12(17)10-3-5-11(20-2)6-4-10/h3-6,12,17H,7-9H2,1-2H3. The van der Waals surface area contributed by atoms with Gasteiger partial charge in [0.1, 0.15) is 5.75 Å². The number of aliphatic hydroxyl groups excluding tert-OH is 1. The second-order valence-electron chi connectivity index (χ2n) is 4.77. The fraction of sp³-hybridized carbons (Fsp3) is 0.429. The molecule has 0 saturated carbocycles. The lowest BCUT2D eigenvalue weighted by molar-refractivity contribution is -0.155. The first-order valence-corrected chi connectivity index (χ1v) is 6.39. The van der Waals surface area contributed by atoms with E-state index in [9.17, 15) is 14.7 Å². The number of β-amino-alcohol motifs (C(OH)–C–C–N with tert-alkyl or cyclic N) is 1. The van der Waals surface area contributed by atoms with Gasteiger partial charge in [0.05, 0.1) is 19.8 Å². The van der Waals surface area contributed by atoms with Crippen LogP contribution in [0.1, 0.15) is 11.7 Å². The van der Waals surface area contributed by atoms with Crippen LogP contribution in [-0.2, 0) is 9.59 Å². The molecule has 1 N–H and O–H groups in total. The highest BCUT2D eigenvalue weighted by atomic mass is 16.5. The first kappa shape index (κ1) is 14.3. The van der Waals surface area contributed by atoms with Gasteiger partial charge in [-0.05, 0) is 17.7 Å². The van der Waals surface area contributed by atoms with Crippen molar-refractivity contribution in [3.63, 3.8) is 0 Å². The van der Waals surface area contributed by atoms with E-state index in [1.165, 1.54) is 9.80 Å². The van der Waals surface area contributed by atoms with Gasteiger partial charge in [-0.3, -0.25) is 9.59 Å². The van der Waals surface area contributed by atoms with Crippen molar-refractivity contribution in [3.05, 3.63) is 29.8 Å². The molecule has 0 radical (unpaired) electrons. The third-order valence-electron chi connectivity index (χ3n) is 3.42. The average molecular weight is 278 g/mol. The summed E-state index contributed by atoms with van der Waals surface area (Å²) in [6.07, 6.45) is -0.818. The predicted octanol–water partition coefficient (Wildman–Crippen LogP) is 0.0292. The fourth-order valence-corrected chi connectivity index (χ4v) is 2.09. The molecule has 6 nitrogen and oxygen atoms in total. The number of methoxy groups -OCH3 is 1. The van der Waals surface area contributed by atoms with Crippen LogP contribution in [0.5, 0.6) is 5.75 Å². The summed E-state index contributed by atoms with van der Waals surface area (Å²) in [4.78, 5) is 26.2. The van der Waals surface area contributed by atoms with Crippen molar-refractivity contribution in [3.8, 4) is 5.75 Å². The van der Waals surface area contributed by atoms with Gasteiger partial charge < -0.3 is 19.6 Å². The zero-order valence-electron chi connectivity index (χ0n) is 11.6. The Kier molecular flexibility index (Phi) is 4.24. The maximum atomic E-state index is 11.8. The lowest BCUT2D eigenvalue weighted by atomic mass is 10.1. The number of likely N-dealkylation sites (N-methyl/N-ethyl adjacent to an activating group) is 1. The summed E-state index contributed by atoms with van der Waals surface area (Å²) < 4.78 is 5.05. The fourth-order valence-electron chi connectivity index (χ4n) is 2.09. The van der Waals surface area contributed by atoms with Crippen molar-refractivity contribution in [2.24, 2.45) is 0 Å². The van der Waals surface area contributed by atoms with Crippen LogP contribution in [0.25, 0.3) is 0 Å². The number of nitrogens with zero attached hydrogens (tertiary/aromatic N) is 2. The molecule has 20 heavy (non-hydrogen) atoms. The minimum atomic E-state index is -0.818. The molecule has 1 aliphatic heterocycles. The van der Waals surface area contributed by atoms with E-state index < -0.39 is 17.9 Å². The van der Waals surface area contributed by atoms with Crippen LogP contribution in [0, 0.1) is 0 Å². The van der Waals surface area contributed by atoms with Crippen LogP contribution >= 0.6 is 0 Å². The summed E-state index contributed by atoms with van der Waals surface area (Å²) in [6, 6.07) is 6.97. The molecule has 0 aliphatic carbocycles. The number of hydrogen-bond acceptors (Lipinski definition) is 4. The molecule has 0 spiro atoms. The molecule has 1 unspecified atom stereocenters. The van der Waals surface area contributed by atoms with E-state index in [1.807, 2.05) is 0 Å². The Labute approximate surface area is 117 Å². The molecule has 1 saturated heterocycles. The largest absolute Gasteiger partial charge is 0.497 e. The first-order chi connectivity index (χ1) is 9.52. The van der Waals surface area contributed by atoms with Gasteiger partial charge in [-0.1, -0.05) is 12.1 Å². The molecule has 1 heterocycles. The van der Waals surface area contributed by atoms with E-state index in [4.69, 9.17) is 4.74 Å². The lowest BCUT2D eigenvalue weighted by Gasteiger charge is -2.32. The molecular weight excluding hydrogens is 260 g/mol. The number of piperazine rings is 1. The number of ether oxygens (including phenoxy) is 1. The van der Waals surface area contributed by atoms with Crippen molar-refractivity contribution in [2.45, 2.75) is 6.10 Å². The van der Waals surface area contributed by atoms with Crippen molar-refractivity contribution in [2.75, 3.05) is 33.8 Å². The number of rotatable bonds is 4. The average Bonchev–Trinajstić information content (AvgIpc) is 2.48. The lowest BCUT2D eigenvalue weighted by Crippen LogP contribution is -2.53. The van der Waals surface area contributed by atoms with Crippen molar-refractivity contribution in [1.29, 1.82) is 0 Å². The number of benzene rings is 1. The van der Waals surface area contributed by atoms with E-state index in [-0.39, 0.29) is 6.54 Å². The molecule has 6 heteroatoms. The summed E-state index contributed by atoms with van der Waals surface area (Å²) in [7, 11) is 3.16. The molecule has 108 valence electrons. The third-order valence-corrected chi connectivity index (χ3v) is 3.42. The van der Waals surface area contributed by atoms with Gasteiger partial charge in [-0.2, -0.15) is 0 Å². The van der Waals surface area contributed by atoms with Crippen LogP contribution < -0.4 is 4.74 Å². The van der Waals surface area contributed by atoms with E-state index in [1.54, 1.807) is 38.4 Å². The minimum Gasteiger partial charge on any atom is -0.497 e. The Morgan fingerprint density at radius 1 is 1.20 bits per heavy atom. The van der Waals surface area contributed by atoms with E-state index >= 15 is 0 Å². The van der Waals surface area contributed by atoms with E-state index in [2.05, 4.69) is 0 Å². The van der Waals surface area contributed by atoms with Gasteiger partial charge in [0.15, 0.2) is 0 Å². The number of carbonyl (C=O) groups is 2. The smallest absolute Gasteiger partial charge is 0.312 e. The zero-order valence-corrected chi connectivity index (χ0v) is 11.6. The summed E-state index contributed by atoms with van der Waals surface area (Å²) in [5.74, 6) is -0.392. The van der Waals surface area contributed by atoms with Crippen molar-refractivity contribution < 1.29 is 19.4 Å². The van der Waals surface area contributed by atoms with Crippen molar-refractivity contribution >= 4 is 11.8 Å². The molecule has 2 amide bonds. The predicted molar refractivity (Wildman–Crippen MR) is 72.2 cm³/mol. The molecule has 1 atom stereocenters. The van der Waals surface area contributed by atoms with Gasteiger partial charge in [-0.25, -0.2) is 0 Å². The summed E-state index contributed by atoms with van der Waals surface area (Å²) >= 11 is 0. The summed E-state index contributed by atoms with van der Waals surface area (Å²) in [6.45, 7) is 1.04. The number of carbonyl (C=O) groups excluding carboxylic acids is 2. The number of amides is 2. The number of aliphatic hydroxyl groups is 1. The monoisotopic (exact) mass is 278 g/mol. The Hall–Kier alpha value is -2.08. The Balaban J connectivity index is 2.01. The molecule has 2 rings (SSSR count). The van der Waals surface area contributed by atoms with Crippen LogP contribution in [-0.4, -0.2) is 60.5 Å². The van der Waals surface area contributed by atoms with Crippen LogP contribution in [0.15, 0.2) is 24.3 Å². The highest BCUT2D eigenvalue weighted by molar-refractivity contribution is 6.35. The second kappa shape index (κ2) is 5.92. The van der Waals surface area contributed by atoms with Gasteiger partial charge >= 0.3 is 11.8 Å². The van der Waals surface area contributed by atoms with Crippen LogP contribution in [0.3, 0.4) is 0 Å². The Bertz CT molecular complexity index is 500. The minimum absolute atomic E-state index is 0.116. The summed E-state index contributed by atoms with van der Waals surface area (Å²) in [5, 5.41) is 10.1. The SMILES string of the molecule is COc1ccc(C(O)CN2CCN(C)C(=O)C2=O)cc1. The quantitative estimate of drug-likeness (QED) is 0.789. The third kappa shape index (κ3) is 2.91. The van der Waals surface area contributed by atoms with Gasteiger partial charge in [0.2, 0.25) is 0 Å². The zero-order chi connectivity index (χ0) is 14.7. The molecule has 1 fully saturated rings. The molecule has 1 aliphatic rings. The van der Waals surface area contributed by atoms with E-state index in [0.29, 0.717) is 24.4 Å². The molecule has 0 aromatic heterocycles. The molecule has 0 bridgehead atoms. The highest BCUT2D eigenvalue weighted by Crippen LogP contribution is 2.19. The number of hydrogen-bond donors (Lipinski definition) is 1. The maximum Gasteiger partial charge on any atom is 0.312 e. The van der Waals surface area contributed by atoms with Crippen LogP contribution in [0.4, 0.5) is 0 Å². The van der Waals surface area contributed by atoms with Gasteiger partial charge in [0.25, 0.3) is 0 Å².